The largest absolute Gasteiger partial charge is 0.319 e. The van der Waals surface area contributed by atoms with Crippen molar-refractivity contribution in [2.75, 3.05) is 26.7 Å². The fourth-order valence-electron chi connectivity index (χ4n) is 1.85. The molecule has 0 bridgehead atoms. The van der Waals surface area contributed by atoms with Gasteiger partial charge < -0.3 is 10.6 Å². The van der Waals surface area contributed by atoms with Crippen molar-refractivity contribution in [3.8, 4) is 0 Å². The van der Waals surface area contributed by atoms with Crippen LogP contribution in [-0.2, 0) is 0 Å². The van der Waals surface area contributed by atoms with Gasteiger partial charge in [-0.05, 0) is 50.4 Å². The third kappa shape index (κ3) is 3.65. The van der Waals surface area contributed by atoms with Crippen molar-refractivity contribution in [3.63, 3.8) is 0 Å². The molecule has 0 aromatic carbocycles. The lowest BCUT2D eigenvalue weighted by Crippen LogP contribution is -2.29. The first-order chi connectivity index (χ1) is 6.06. The van der Waals surface area contributed by atoms with Gasteiger partial charge in [-0.15, -0.1) is 0 Å². The molecule has 2 unspecified atom stereocenters. The van der Waals surface area contributed by atoms with Gasteiger partial charge in [0.05, 0.1) is 0 Å². The van der Waals surface area contributed by atoms with Gasteiger partial charge in [0.2, 0.25) is 0 Å². The summed E-state index contributed by atoms with van der Waals surface area (Å²) in [4.78, 5) is 0. The van der Waals surface area contributed by atoms with Crippen molar-refractivity contribution in [1.82, 2.24) is 10.6 Å². The van der Waals surface area contributed by atoms with E-state index in [1.807, 2.05) is 7.05 Å². The molecule has 1 fully saturated rings. The van der Waals surface area contributed by atoms with Gasteiger partial charge >= 0.3 is 0 Å². The minimum Gasteiger partial charge on any atom is -0.319 e. The van der Waals surface area contributed by atoms with Crippen molar-refractivity contribution >= 4 is 0 Å². The normalized spacial score (nSPS) is 27.2. The molecule has 2 nitrogen and oxygen atoms in total. The van der Waals surface area contributed by atoms with Crippen LogP contribution in [0.1, 0.15) is 27.2 Å². The minimum absolute atomic E-state index is 0.624. The van der Waals surface area contributed by atoms with Gasteiger partial charge in [-0.2, -0.15) is 0 Å². The standard InChI is InChI=1S/C11H24N2/c1-9(6-12-4)7-13-8-10-5-11(10,2)3/h9-10,12-13H,5-8H2,1-4H3. The summed E-state index contributed by atoms with van der Waals surface area (Å²) in [5.74, 6) is 1.67. The van der Waals surface area contributed by atoms with E-state index in [1.54, 1.807) is 0 Å². The van der Waals surface area contributed by atoms with Gasteiger partial charge in [-0.1, -0.05) is 20.8 Å². The average molecular weight is 184 g/mol. The Bertz CT molecular complexity index is 154. The zero-order chi connectivity index (χ0) is 9.90. The first-order valence-corrected chi connectivity index (χ1v) is 5.41. The lowest BCUT2D eigenvalue weighted by atomic mass is 10.1. The molecule has 0 amide bonds. The molecule has 78 valence electrons. The Morgan fingerprint density at radius 1 is 1.38 bits per heavy atom. The second-order valence-electron chi connectivity index (χ2n) is 5.21. The highest BCUT2D eigenvalue weighted by atomic mass is 14.9. The van der Waals surface area contributed by atoms with Crippen molar-refractivity contribution < 1.29 is 0 Å². The molecule has 0 saturated heterocycles. The van der Waals surface area contributed by atoms with E-state index in [0.717, 1.165) is 24.9 Å². The molecular weight excluding hydrogens is 160 g/mol. The molecule has 1 rings (SSSR count). The molecule has 1 aliphatic carbocycles. The number of hydrogen-bond donors (Lipinski definition) is 2. The predicted molar refractivity (Wildman–Crippen MR) is 57.8 cm³/mol. The van der Waals surface area contributed by atoms with E-state index >= 15 is 0 Å². The molecular formula is C11H24N2. The topological polar surface area (TPSA) is 24.1 Å². The molecule has 0 aromatic rings. The zero-order valence-electron chi connectivity index (χ0n) is 9.48. The van der Waals surface area contributed by atoms with Gasteiger partial charge in [0.25, 0.3) is 0 Å². The van der Waals surface area contributed by atoms with Crippen LogP contribution in [0.4, 0.5) is 0 Å². The van der Waals surface area contributed by atoms with Gasteiger partial charge in [0.1, 0.15) is 0 Å². The van der Waals surface area contributed by atoms with Crippen LogP contribution in [-0.4, -0.2) is 26.7 Å². The minimum atomic E-state index is 0.624. The van der Waals surface area contributed by atoms with Crippen molar-refractivity contribution in [2.45, 2.75) is 27.2 Å². The lowest BCUT2D eigenvalue weighted by molar-refractivity contribution is 0.459. The molecule has 1 saturated carbocycles. The fraction of sp³-hybridized carbons (Fsp3) is 1.00. The first kappa shape index (κ1) is 11.0. The molecule has 0 aromatic heterocycles. The molecule has 13 heavy (non-hydrogen) atoms. The molecule has 0 radical (unpaired) electrons. The van der Waals surface area contributed by atoms with E-state index < -0.39 is 0 Å². The predicted octanol–water partition coefficient (Wildman–Crippen LogP) is 1.48. The zero-order valence-corrected chi connectivity index (χ0v) is 9.48. The van der Waals surface area contributed by atoms with Crippen molar-refractivity contribution in [1.29, 1.82) is 0 Å². The van der Waals surface area contributed by atoms with Crippen LogP contribution in [0, 0.1) is 17.3 Å². The highest BCUT2D eigenvalue weighted by molar-refractivity contribution is 4.96. The van der Waals surface area contributed by atoms with Gasteiger partial charge in [0, 0.05) is 0 Å². The summed E-state index contributed by atoms with van der Waals surface area (Å²) in [7, 11) is 2.01. The third-order valence-corrected chi connectivity index (χ3v) is 3.15. The lowest BCUT2D eigenvalue weighted by Gasteiger charge is -2.12. The van der Waals surface area contributed by atoms with E-state index in [4.69, 9.17) is 0 Å². The van der Waals surface area contributed by atoms with Gasteiger partial charge in [-0.25, -0.2) is 0 Å². The van der Waals surface area contributed by atoms with E-state index in [9.17, 15) is 0 Å². The average Bonchev–Trinajstić information content (AvgIpc) is 2.59. The number of rotatable bonds is 6. The molecule has 2 atom stereocenters. The van der Waals surface area contributed by atoms with Crippen molar-refractivity contribution in [2.24, 2.45) is 17.3 Å². The molecule has 0 heterocycles. The maximum Gasteiger partial charge on any atom is -0.00109 e. The fourth-order valence-corrected chi connectivity index (χ4v) is 1.85. The summed E-state index contributed by atoms with van der Waals surface area (Å²) >= 11 is 0. The third-order valence-electron chi connectivity index (χ3n) is 3.15. The van der Waals surface area contributed by atoms with Crippen LogP contribution < -0.4 is 10.6 Å². The Hall–Kier alpha value is -0.0800. The smallest absolute Gasteiger partial charge is 0.00109 e. The molecule has 0 spiro atoms. The van der Waals surface area contributed by atoms with E-state index in [0.29, 0.717) is 5.41 Å². The summed E-state index contributed by atoms with van der Waals surface area (Å²) in [6.07, 6.45) is 1.40. The van der Waals surface area contributed by atoms with E-state index in [1.165, 1.54) is 13.0 Å². The Morgan fingerprint density at radius 3 is 2.46 bits per heavy atom. The second-order valence-corrected chi connectivity index (χ2v) is 5.21. The Balaban J connectivity index is 1.96. The van der Waals surface area contributed by atoms with Crippen LogP contribution in [0.15, 0.2) is 0 Å². The monoisotopic (exact) mass is 184 g/mol. The maximum absolute atomic E-state index is 3.55. The first-order valence-electron chi connectivity index (χ1n) is 5.41. The Kier molecular flexibility index (Phi) is 3.74. The van der Waals surface area contributed by atoms with E-state index in [2.05, 4.69) is 31.4 Å². The maximum atomic E-state index is 3.55. The second kappa shape index (κ2) is 4.43. The molecule has 2 N–H and O–H groups in total. The SMILES string of the molecule is CNCC(C)CNCC1CC1(C)C. The molecule has 0 aliphatic heterocycles. The van der Waals surface area contributed by atoms with Gasteiger partial charge in [-0.3, -0.25) is 0 Å². The quantitative estimate of drug-likeness (QED) is 0.653. The summed E-state index contributed by atoms with van der Waals surface area (Å²) in [6.45, 7) is 10.5. The summed E-state index contributed by atoms with van der Waals surface area (Å²) in [6, 6.07) is 0. The highest BCUT2D eigenvalue weighted by Gasteiger charge is 2.44. The molecule has 2 heteroatoms. The van der Waals surface area contributed by atoms with E-state index in [-0.39, 0.29) is 0 Å². The summed E-state index contributed by atoms with van der Waals surface area (Å²) in [5, 5.41) is 6.74. The van der Waals surface area contributed by atoms with Gasteiger partial charge in [0.15, 0.2) is 0 Å². The number of nitrogens with one attached hydrogen (secondary N) is 2. The van der Waals surface area contributed by atoms with Crippen LogP contribution in [0.2, 0.25) is 0 Å². The van der Waals surface area contributed by atoms with Crippen LogP contribution in [0.3, 0.4) is 0 Å². The summed E-state index contributed by atoms with van der Waals surface area (Å²) < 4.78 is 0. The van der Waals surface area contributed by atoms with Crippen LogP contribution in [0.5, 0.6) is 0 Å². The number of hydrogen-bond acceptors (Lipinski definition) is 2. The van der Waals surface area contributed by atoms with Crippen LogP contribution in [0.25, 0.3) is 0 Å². The molecule has 1 aliphatic rings. The Labute approximate surface area is 82.5 Å². The summed E-state index contributed by atoms with van der Waals surface area (Å²) in [5.41, 5.74) is 0.624. The Morgan fingerprint density at radius 2 is 2.00 bits per heavy atom. The van der Waals surface area contributed by atoms with Crippen LogP contribution >= 0.6 is 0 Å². The highest BCUT2D eigenvalue weighted by Crippen LogP contribution is 2.50. The van der Waals surface area contributed by atoms with Crippen molar-refractivity contribution in [3.05, 3.63) is 0 Å².